The lowest BCUT2D eigenvalue weighted by Gasteiger charge is -2.22. The maximum atomic E-state index is 12.9. The summed E-state index contributed by atoms with van der Waals surface area (Å²) in [4.78, 5) is 13.8. The van der Waals surface area contributed by atoms with Crippen LogP contribution in [0.1, 0.15) is 36.8 Å². The third-order valence-corrected chi connectivity index (χ3v) is 7.53. The molecule has 1 N–H and O–H groups in total. The highest BCUT2D eigenvalue weighted by Gasteiger charge is 2.33. The third-order valence-electron chi connectivity index (χ3n) is 5.74. The van der Waals surface area contributed by atoms with Gasteiger partial charge in [0.15, 0.2) is 0 Å². The van der Waals surface area contributed by atoms with Crippen molar-refractivity contribution in [2.45, 2.75) is 56.1 Å². The van der Waals surface area contributed by atoms with Gasteiger partial charge in [-0.05, 0) is 56.0 Å². The predicted octanol–water partition coefficient (Wildman–Crippen LogP) is 4.47. The molecule has 0 aromatic heterocycles. The summed E-state index contributed by atoms with van der Waals surface area (Å²) < 4.78 is 33.3. The number of unbranched alkanes of at least 4 members (excludes halogenated alkanes) is 1. The molecule has 2 aromatic carbocycles. The molecule has 8 heteroatoms. The first kappa shape index (κ1) is 25.4. The number of nitrogens with one attached hydrogen (secondary N) is 1. The van der Waals surface area contributed by atoms with Gasteiger partial charge in [-0.1, -0.05) is 53.6 Å². The fourth-order valence-electron chi connectivity index (χ4n) is 3.95. The molecule has 1 aliphatic heterocycles. The Morgan fingerprint density at radius 1 is 1.18 bits per heavy atom. The number of aryl methyl sites for hydroxylation is 1. The predicted molar refractivity (Wildman–Crippen MR) is 131 cm³/mol. The van der Waals surface area contributed by atoms with Crippen LogP contribution in [-0.2, 0) is 26.1 Å². The number of nitrogens with zero attached hydrogens (tertiary/aromatic N) is 1. The van der Waals surface area contributed by atoms with Gasteiger partial charge in [0.05, 0.1) is 12.0 Å². The van der Waals surface area contributed by atoms with E-state index in [1.54, 1.807) is 12.1 Å². The Morgan fingerprint density at radius 3 is 2.55 bits per heavy atom. The number of carbonyl (C=O) groups is 1. The van der Waals surface area contributed by atoms with Gasteiger partial charge in [-0.25, -0.2) is 13.1 Å². The molecule has 2 atom stereocenters. The molecule has 3 rings (SSSR count). The highest BCUT2D eigenvalue weighted by Crippen LogP contribution is 2.24. The smallest absolute Gasteiger partial charge is 0.305 e. The van der Waals surface area contributed by atoms with Crippen molar-refractivity contribution in [1.82, 2.24) is 9.62 Å². The van der Waals surface area contributed by atoms with Gasteiger partial charge in [-0.3, -0.25) is 9.69 Å². The Kier molecular flexibility index (Phi) is 9.09. The SMILES string of the molecule is COC(=O)CCCC=C[C@@H]1C[C@@H](NS(=O)(=O)c2ccc(Cl)cc2)CN1Cc1ccc(C)cc1. The van der Waals surface area contributed by atoms with Crippen LogP contribution in [0.3, 0.4) is 0 Å². The maximum absolute atomic E-state index is 12.9. The fraction of sp³-hybridized carbons (Fsp3) is 0.400. The minimum Gasteiger partial charge on any atom is -0.469 e. The van der Waals surface area contributed by atoms with Crippen molar-refractivity contribution >= 4 is 27.6 Å². The second kappa shape index (κ2) is 11.8. The number of halogens is 1. The summed E-state index contributed by atoms with van der Waals surface area (Å²) in [5.41, 5.74) is 2.39. The number of rotatable bonds is 10. The van der Waals surface area contributed by atoms with E-state index < -0.39 is 10.0 Å². The van der Waals surface area contributed by atoms with Crippen molar-refractivity contribution in [3.63, 3.8) is 0 Å². The average molecular weight is 491 g/mol. The molecule has 0 radical (unpaired) electrons. The minimum absolute atomic E-state index is 0.0994. The standard InChI is InChI=1S/C25H31ClN2O4S/c1-19-8-10-20(11-9-19)17-28-18-22(16-23(28)6-4-3-5-7-25(29)32-2)27-33(30,31)24-14-12-21(26)13-15-24/h4,6,8-15,22-23,27H,3,5,7,16-18H2,1-2H3/t22-,23-/m1/s1. The van der Waals surface area contributed by atoms with Crippen LogP contribution < -0.4 is 4.72 Å². The van der Waals surface area contributed by atoms with Gasteiger partial charge in [-0.2, -0.15) is 0 Å². The Morgan fingerprint density at radius 2 is 1.88 bits per heavy atom. The Labute approximate surface area is 201 Å². The molecule has 33 heavy (non-hydrogen) atoms. The topological polar surface area (TPSA) is 75.7 Å². The summed E-state index contributed by atoms with van der Waals surface area (Å²) in [5.74, 6) is -0.207. The number of benzene rings is 2. The van der Waals surface area contributed by atoms with Crippen LogP contribution in [0.15, 0.2) is 65.6 Å². The molecule has 1 saturated heterocycles. The summed E-state index contributed by atoms with van der Waals surface area (Å²) >= 11 is 5.90. The molecule has 0 spiro atoms. The van der Waals surface area contributed by atoms with Gasteiger partial charge in [0, 0.05) is 36.6 Å². The second-order valence-electron chi connectivity index (χ2n) is 8.39. The Hall–Kier alpha value is -2.19. The van der Waals surface area contributed by atoms with Crippen molar-refractivity contribution < 1.29 is 17.9 Å². The second-order valence-corrected chi connectivity index (χ2v) is 10.5. The van der Waals surface area contributed by atoms with E-state index in [1.807, 2.05) is 0 Å². The number of likely N-dealkylation sites (tertiary alicyclic amines) is 1. The van der Waals surface area contributed by atoms with Crippen molar-refractivity contribution in [3.05, 3.63) is 76.8 Å². The lowest BCUT2D eigenvalue weighted by atomic mass is 10.1. The maximum Gasteiger partial charge on any atom is 0.305 e. The molecule has 1 aliphatic rings. The van der Waals surface area contributed by atoms with Crippen LogP contribution in [0.2, 0.25) is 5.02 Å². The fourth-order valence-corrected chi connectivity index (χ4v) is 5.32. The summed E-state index contributed by atoms with van der Waals surface area (Å²) in [6, 6.07) is 14.5. The molecule has 2 aromatic rings. The van der Waals surface area contributed by atoms with Crippen LogP contribution in [0.5, 0.6) is 0 Å². The molecular weight excluding hydrogens is 460 g/mol. The van der Waals surface area contributed by atoms with Crippen molar-refractivity contribution in [3.8, 4) is 0 Å². The van der Waals surface area contributed by atoms with Gasteiger partial charge in [0.1, 0.15) is 0 Å². The first-order chi connectivity index (χ1) is 15.8. The third kappa shape index (κ3) is 7.67. The Bertz CT molecular complexity index is 1050. The highest BCUT2D eigenvalue weighted by atomic mass is 35.5. The van der Waals surface area contributed by atoms with Gasteiger partial charge in [0.25, 0.3) is 0 Å². The molecule has 0 bridgehead atoms. The Balaban J connectivity index is 1.68. The van der Waals surface area contributed by atoms with Gasteiger partial charge in [0.2, 0.25) is 10.0 Å². The summed E-state index contributed by atoms with van der Waals surface area (Å²) in [6.45, 7) is 3.40. The van der Waals surface area contributed by atoms with Crippen molar-refractivity contribution in [2.24, 2.45) is 0 Å². The van der Waals surface area contributed by atoms with Crippen molar-refractivity contribution in [2.75, 3.05) is 13.7 Å². The quantitative estimate of drug-likeness (QED) is 0.302. The lowest BCUT2D eigenvalue weighted by molar-refractivity contribution is -0.140. The number of hydrogen-bond acceptors (Lipinski definition) is 5. The summed E-state index contributed by atoms with van der Waals surface area (Å²) in [7, 11) is -2.24. The molecular formula is C25H31ClN2O4S. The number of ether oxygens (including phenoxy) is 1. The summed E-state index contributed by atoms with van der Waals surface area (Å²) in [6.07, 6.45) is 6.76. The van der Waals surface area contributed by atoms with E-state index in [9.17, 15) is 13.2 Å². The molecule has 178 valence electrons. The largest absolute Gasteiger partial charge is 0.469 e. The van der Waals surface area contributed by atoms with Gasteiger partial charge >= 0.3 is 5.97 Å². The molecule has 6 nitrogen and oxygen atoms in total. The molecule has 1 heterocycles. The van der Waals surface area contributed by atoms with E-state index >= 15 is 0 Å². The number of sulfonamides is 1. The lowest BCUT2D eigenvalue weighted by Crippen LogP contribution is -2.37. The number of esters is 1. The molecule has 0 unspecified atom stereocenters. The highest BCUT2D eigenvalue weighted by molar-refractivity contribution is 7.89. The first-order valence-corrected chi connectivity index (χ1v) is 12.9. The van der Waals surface area contributed by atoms with E-state index in [-0.39, 0.29) is 22.9 Å². The number of methoxy groups -OCH3 is 1. The van der Waals surface area contributed by atoms with Gasteiger partial charge in [-0.15, -0.1) is 0 Å². The van der Waals surface area contributed by atoms with Crippen LogP contribution in [0.4, 0.5) is 0 Å². The molecule has 0 saturated carbocycles. The monoisotopic (exact) mass is 490 g/mol. The van der Waals surface area contributed by atoms with Crippen LogP contribution >= 0.6 is 11.6 Å². The van der Waals surface area contributed by atoms with Crippen molar-refractivity contribution in [1.29, 1.82) is 0 Å². The number of hydrogen-bond donors (Lipinski definition) is 1. The van der Waals surface area contributed by atoms with E-state index in [0.717, 1.165) is 19.4 Å². The van der Waals surface area contributed by atoms with E-state index in [1.165, 1.54) is 30.4 Å². The number of allylic oxidation sites excluding steroid dienone is 1. The average Bonchev–Trinajstić information content (AvgIpc) is 3.15. The van der Waals surface area contributed by atoms with E-state index in [4.69, 9.17) is 11.6 Å². The minimum atomic E-state index is -3.64. The van der Waals surface area contributed by atoms with E-state index in [2.05, 4.69) is 57.7 Å². The van der Waals surface area contributed by atoms with Crippen LogP contribution in [0, 0.1) is 6.92 Å². The van der Waals surface area contributed by atoms with Crippen LogP contribution in [0.25, 0.3) is 0 Å². The van der Waals surface area contributed by atoms with E-state index in [0.29, 0.717) is 24.4 Å². The zero-order valence-electron chi connectivity index (χ0n) is 19.0. The number of carbonyl (C=O) groups excluding carboxylic acids is 1. The van der Waals surface area contributed by atoms with Gasteiger partial charge < -0.3 is 4.74 Å². The van der Waals surface area contributed by atoms with Crippen LogP contribution in [-0.4, -0.2) is 45.0 Å². The zero-order chi connectivity index (χ0) is 23.8. The molecule has 0 amide bonds. The molecule has 1 fully saturated rings. The zero-order valence-corrected chi connectivity index (χ0v) is 20.6. The molecule has 0 aliphatic carbocycles. The normalized spacial score (nSPS) is 19.2. The summed E-state index contributed by atoms with van der Waals surface area (Å²) in [5, 5.41) is 0.497. The first-order valence-electron chi connectivity index (χ1n) is 11.1.